The number of carbonyl (C=O) groups excluding carboxylic acids is 2. The average molecular weight is 485 g/mol. The molecule has 0 radical (unpaired) electrons. The number of rotatable bonds is 11. The van der Waals surface area contributed by atoms with Gasteiger partial charge >= 0.3 is 0 Å². The van der Waals surface area contributed by atoms with Crippen molar-refractivity contribution in [3.05, 3.63) is 82.3 Å². The van der Waals surface area contributed by atoms with Gasteiger partial charge in [-0.05, 0) is 55.3 Å². The van der Waals surface area contributed by atoms with Crippen molar-refractivity contribution >= 4 is 23.4 Å². The maximum atomic E-state index is 13.6. The summed E-state index contributed by atoms with van der Waals surface area (Å²) in [6.45, 7) is 5.33. The summed E-state index contributed by atoms with van der Waals surface area (Å²) in [4.78, 5) is 27.1. The highest BCUT2D eigenvalue weighted by Crippen LogP contribution is 2.37. The molecule has 0 saturated heterocycles. The molecule has 1 aromatic heterocycles. The number of ether oxygens (including phenoxy) is 2. The molecule has 1 N–H and O–H groups in total. The molecule has 0 aliphatic heterocycles. The number of nitrogens with zero attached hydrogens (tertiary/aromatic N) is 1. The summed E-state index contributed by atoms with van der Waals surface area (Å²) >= 11 is 6.49. The Balaban J connectivity index is 1.91. The number of nitrogens with one attached hydrogen (secondary N) is 1. The lowest BCUT2D eigenvalue weighted by atomic mass is 10.1. The van der Waals surface area contributed by atoms with Crippen molar-refractivity contribution in [3.8, 4) is 11.5 Å². The van der Waals surface area contributed by atoms with E-state index in [0.717, 1.165) is 12.0 Å². The Morgan fingerprint density at radius 2 is 1.79 bits per heavy atom. The zero-order valence-electron chi connectivity index (χ0n) is 19.6. The van der Waals surface area contributed by atoms with Gasteiger partial charge in [0.1, 0.15) is 5.76 Å². The van der Waals surface area contributed by atoms with E-state index >= 15 is 0 Å². The summed E-state index contributed by atoms with van der Waals surface area (Å²) < 4.78 is 17.0. The van der Waals surface area contributed by atoms with E-state index in [0.29, 0.717) is 53.2 Å². The molecule has 7 nitrogen and oxygen atoms in total. The second-order valence-electron chi connectivity index (χ2n) is 7.58. The first kappa shape index (κ1) is 25.2. The largest absolute Gasteiger partial charge is 0.490 e. The summed E-state index contributed by atoms with van der Waals surface area (Å²) in [5, 5.41) is 2.91. The molecule has 34 heavy (non-hydrogen) atoms. The molecule has 1 heterocycles. The van der Waals surface area contributed by atoms with Crippen molar-refractivity contribution < 1.29 is 23.5 Å². The van der Waals surface area contributed by atoms with Crippen LogP contribution in [0.1, 0.15) is 52.3 Å². The molecule has 2 aromatic carbocycles. The molecule has 0 spiro atoms. The van der Waals surface area contributed by atoms with Crippen molar-refractivity contribution in [3.63, 3.8) is 0 Å². The summed E-state index contributed by atoms with van der Waals surface area (Å²) in [6, 6.07) is 14.0. The maximum absolute atomic E-state index is 13.6. The lowest BCUT2D eigenvalue weighted by Gasteiger charge is -2.23. The number of carbonyl (C=O) groups is 2. The van der Waals surface area contributed by atoms with Crippen molar-refractivity contribution in [2.45, 2.75) is 33.4 Å². The molecule has 0 fully saturated rings. The minimum atomic E-state index is -0.239. The van der Waals surface area contributed by atoms with Crippen LogP contribution in [0.15, 0.2) is 59.2 Å². The van der Waals surface area contributed by atoms with Gasteiger partial charge in [0.25, 0.3) is 11.8 Å². The first-order valence-corrected chi connectivity index (χ1v) is 11.6. The monoisotopic (exact) mass is 484 g/mol. The predicted molar refractivity (Wildman–Crippen MR) is 131 cm³/mol. The Kier molecular flexibility index (Phi) is 8.99. The first-order valence-electron chi connectivity index (χ1n) is 11.2. The molecule has 3 rings (SSSR count). The topological polar surface area (TPSA) is 81.0 Å². The highest BCUT2D eigenvalue weighted by Gasteiger charge is 2.22. The van der Waals surface area contributed by atoms with E-state index in [2.05, 4.69) is 5.32 Å². The van der Waals surface area contributed by atoms with E-state index in [-0.39, 0.29) is 18.4 Å². The van der Waals surface area contributed by atoms with Crippen LogP contribution in [0.4, 0.5) is 0 Å². The quantitative estimate of drug-likeness (QED) is 0.398. The molecule has 3 aromatic rings. The minimum Gasteiger partial charge on any atom is -0.490 e. The van der Waals surface area contributed by atoms with Crippen LogP contribution in [0.5, 0.6) is 11.5 Å². The molecular formula is C26H29ClN2O5. The Morgan fingerprint density at radius 3 is 2.41 bits per heavy atom. The van der Waals surface area contributed by atoms with Crippen molar-refractivity contribution in [1.82, 2.24) is 10.2 Å². The highest BCUT2D eigenvalue weighted by molar-refractivity contribution is 6.32. The normalized spacial score (nSPS) is 10.6. The number of hydrogen-bond acceptors (Lipinski definition) is 5. The van der Waals surface area contributed by atoms with Gasteiger partial charge in [-0.2, -0.15) is 0 Å². The standard InChI is InChI=1S/C26H29ClN2O5/c1-4-12-34-24-22(27)14-20(15-23(24)32-5-2)26(31)29(17-21-7-6-13-33-21)16-18-8-10-19(11-9-18)25(30)28-3/h6-11,13-15H,4-5,12,16-17H2,1-3H3,(H,28,30). The average Bonchev–Trinajstić information content (AvgIpc) is 3.36. The number of halogens is 1. The Morgan fingerprint density at radius 1 is 1.03 bits per heavy atom. The van der Waals surface area contributed by atoms with Crippen molar-refractivity contribution in [2.24, 2.45) is 0 Å². The molecule has 2 amide bonds. The van der Waals surface area contributed by atoms with E-state index in [1.807, 2.05) is 32.0 Å². The van der Waals surface area contributed by atoms with E-state index in [1.54, 1.807) is 48.5 Å². The zero-order chi connectivity index (χ0) is 24.5. The lowest BCUT2D eigenvalue weighted by Crippen LogP contribution is -2.30. The SMILES string of the molecule is CCCOc1c(Cl)cc(C(=O)N(Cc2ccc(C(=O)NC)cc2)Cc2ccco2)cc1OCC. The van der Waals surface area contributed by atoms with Crippen LogP contribution < -0.4 is 14.8 Å². The minimum absolute atomic E-state index is 0.168. The first-order chi connectivity index (χ1) is 16.5. The maximum Gasteiger partial charge on any atom is 0.254 e. The van der Waals surface area contributed by atoms with Gasteiger partial charge in [-0.1, -0.05) is 30.7 Å². The van der Waals surface area contributed by atoms with E-state index in [4.69, 9.17) is 25.5 Å². The van der Waals surface area contributed by atoms with Gasteiger partial charge in [0.15, 0.2) is 11.5 Å². The molecule has 0 aliphatic carbocycles. The predicted octanol–water partition coefficient (Wildman–Crippen LogP) is 5.32. The fourth-order valence-electron chi connectivity index (χ4n) is 3.40. The van der Waals surface area contributed by atoms with Gasteiger partial charge in [-0.15, -0.1) is 0 Å². The molecular weight excluding hydrogens is 456 g/mol. The fraction of sp³-hybridized carbons (Fsp3) is 0.308. The lowest BCUT2D eigenvalue weighted by molar-refractivity contribution is 0.0716. The number of hydrogen-bond donors (Lipinski definition) is 1. The van der Waals surface area contributed by atoms with Gasteiger partial charge in [-0.25, -0.2) is 0 Å². The smallest absolute Gasteiger partial charge is 0.254 e. The van der Waals surface area contributed by atoms with E-state index in [1.165, 1.54) is 0 Å². The summed E-state index contributed by atoms with van der Waals surface area (Å²) in [5.41, 5.74) is 1.79. The van der Waals surface area contributed by atoms with Crippen LogP contribution in [0.2, 0.25) is 5.02 Å². The Hall–Kier alpha value is -3.45. The van der Waals surface area contributed by atoms with Crippen LogP contribution in [-0.2, 0) is 13.1 Å². The van der Waals surface area contributed by atoms with Crippen LogP contribution in [0.3, 0.4) is 0 Å². The molecule has 180 valence electrons. The molecule has 0 atom stereocenters. The molecule has 0 unspecified atom stereocenters. The van der Waals surface area contributed by atoms with Crippen LogP contribution >= 0.6 is 11.6 Å². The van der Waals surface area contributed by atoms with Gasteiger partial charge in [0.05, 0.1) is 31.0 Å². The van der Waals surface area contributed by atoms with E-state index < -0.39 is 0 Å². The third-order valence-corrected chi connectivity index (χ3v) is 5.32. The number of furan rings is 1. The molecule has 8 heteroatoms. The third kappa shape index (κ3) is 6.32. The second kappa shape index (κ2) is 12.1. The fourth-order valence-corrected chi connectivity index (χ4v) is 3.66. The Bertz CT molecular complexity index is 1100. The van der Waals surface area contributed by atoms with Crippen LogP contribution in [0.25, 0.3) is 0 Å². The molecule has 0 saturated carbocycles. The van der Waals surface area contributed by atoms with Gasteiger partial charge in [0.2, 0.25) is 0 Å². The molecule has 0 aliphatic rings. The summed E-state index contributed by atoms with van der Waals surface area (Å²) in [6.07, 6.45) is 2.39. The summed E-state index contributed by atoms with van der Waals surface area (Å²) in [5.74, 6) is 1.11. The van der Waals surface area contributed by atoms with E-state index in [9.17, 15) is 9.59 Å². The van der Waals surface area contributed by atoms with Gasteiger partial charge < -0.3 is 24.1 Å². The zero-order valence-corrected chi connectivity index (χ0v) is 20.4. The highest BCUT2D eigenvalue weighted by atomic mass is 35.5. The van der Waals surface area contributed by atoms with Gasteiger partial charge in [0, 0.05) is 24.7 Å². The number of benzene rings is 2. The number of amides is 2. The van der Waals surface area contributed by atoms with Crippen LogP contribution in [-0.4, -0.2) is 37.0 Å². The molecule has 0 bridgehead atoms. The third-order valence-electron chi connectivity index (χ3n) is 5.04. The Labute approximate surface area is 204 Å². The second-order valence-corrected chi connectivity index (χ2v) is 7.99. The summed E-state index contributed by atoms with van der Waals surface area (Å²) in [7, 11) is 1.58. The van der Waals surface area contributed by atoms with Gasteiger partial charge in [-0.3, -0.25) is 9.59 Å². The van der Waals surface area contributed by atoms with Crippen molar-refractivity contribution in [2.75, 3.05) is 20.3 Å². The van der Waals surface area contributed by atoms with Crippen molar-refractivity contribution in [1.29, 1.82) is 0 Å². The van der Waals surface area contributed by atoms with Crippen LogP contribution in [0, 0.1) is 0 Å².